The molecule has 4 nitrogen and oxygen atoms in total. The van der Waals surface area contributed by atoms with Crippen molar-refractivity contribution in [1.29, 1.82) is 0 Å². The Bertz CT molecular complexity index is 387. The number of aryl methyl sites for hydroxylation is 1. The summed E-state index contributed by atoms with van der Waals surface area (Å²) in [6.45, 7) is 3.88. The Kier molecular flexibility index (Phi) is 5.85. The summed E-state index contributed by atoms with van der Waals surface area (Å²) in [5.41, 5.74) is 1.12. The van der Waals surface area contributed by atoms with Gasteiger partial charge in [-0.05, 0) is 41.1 Å². The van der Waals surface area contributed by atoms with Crippen molar-refractivity contribution >= 4 is 23.2 Å². The number of aliphatic carboxylic acids is 1. The molecule has 1 rings (SSSR count). The van der Waals surface area contributed by atoms with Crippen LogP contribution in [0.15, 0.2) is 16.8 Å². The fraction of sp³-hybridized carbons (Fsp3) is 0.538. The van der Waals surface area contributed by atoms with Gasteiger partial charge in [-0.1, -0.05) is 13.8 Å². The van der Waals surface area contributed by atoms with E-state index in [4.69, 9.17) is 5.11 Å². The number of carbonyl (C=O) groups excluding carboxylic acids is 1. The predicted molar refractivity (Wildman–Crippen MR) is 71.7 cm³/mol. The largest absolute Gasteiger partial charge is 0.480 e. The van der Waals surface area contributed by atoms with Crippen molar-refractivity contribution in [3.63, 3.8) is 0 Å². The molecule has 0 aliphatic rings. The van der Waals surface area contributed by atoms with E-state index in [1.807, 2.05) is 30.7 Å². The van der Waals surface area contributed by atoms with Gasteiger partial charge in [-0.15, -0.1) is 0 Å². The molecule has 1 atom stereocenters. The zero-order valence-corrected chi connectivity index (χ0v) is 11.5. The van der Waals surface area contributed by atoms with E-state index in [9.17, 15) is 9.59 Å². The number of nitrogens with one attached hydrogen (secondary N) is 1. The molecule has 0 saturated heterocycles. The molecule has 18 heavy (non-hydrogen) atoms. The Morgan fingerprint density at radius 1 is 1.44 bits per heavy atom. The highest BCUT2D eigenvalue weighted by molar-refractivity contribution is 7.07. The Hall–Kier alpha value is -1.36. The Labute approximate surface area is 111 Å². The molecule has 0 saturated carbocycles. The Morgan fingerprint density at radius 3 is 2.67 bits per heavy atom. The fourth-order valence-electron chi connectivity index (χ4n) is 1.65. The van der Waals surface area contributed by atoms with Crippen LogP contribution in [0.4, 0.5) is 0 Å². The molecule has 1 heterocycles. The summed E-state index contributed by atoms with van der Waals surface area (Å²) in [4.78, 5) is 22.7. The van der Waals surface area contributed by atoms with E-state index in [-0.39, 0.29) is 11.8 Å². The molecule has 0 aliphatic heterocycles. The minimum absolute atomic E-state index is 0.200. The van der Waals surface area contributed by atoms with Crippen molar-refractivity contribution < 1.29 is 14.7 Å². The van der Waals surface area contributed by atoms with E-state index in [0.29, 0.717) is 19.3 Å². The lowest BCUT2D eigenvalue weighted by Crippen LogP contribution is -2.41. The lowest BCUT2D eigenvalue weighted by Gasteiger charge is -2.16. The molecule has 1 unspecified atom stereocenters. The average molecular weight is 269 g/mol. The van der Waals surface area contributed by atoms with Crippen LogP contribution in [-0.2, 0) is 16.0 Å². The Morgan fingerprint density at radius 2 is 2.17 bits per heavy atom. The SMILES string of the molecule is CC(C)CC(NC(=O)CCc1ccsc1)C(=O)O. The lowest BCUT2D eigenvalue weighted by atomic mass is 10.0. The van der Waals surface area contributed by atoms with Crippen LogP contribution >= 0.6 is 11.3 Å². The summed E-state index contributed by atoms with van der Waals surface area (Å²) in [6, 6.07) is 1.20. The molecule has 0 aromatic carbocycles. The van der Waals surface area contributed by atoms with E-state index in [1.54, 1.807) is 11.3 Å². The summed E-state index contributed by atoms with van der Waals surface area (Å²) in [7, 11) is 0. The first-order chi connectivity index (χ1) is 8.49. The molecule has 1 amide bonds. The number of amides is 1. The van der Waals surface area contributed by atoms with Crippen molar-refractivity contribution in [3.8, 4) is 0 Å². The molecule has 100 valence electrons. The molecule has 0 radical (unpaired) electrons. The van der Waals surface area contributed by atoms with Crippen LogP contribution in [0.1, 0.15) is 32.3 Å². The van der Waals surface area contributed by atoms with Crippen LogP contribution < -0.4 is 5.32 Å². The quantitative estimate of drug-likeness (QED) is 0.798. The summed E-state index contributed by atoms with van der Waals surface area (Å²) < 4.78 is 0. The van der Waals surface area contributed by atoms with E-state index >= 15 is 0 Å². The van der Waals surface area contributed by atoms with Gasteiger partial charge in [-0.25, -0.2) is 4.79 Å². The third kappa shape index (κ3) is 5.31. The summed E-state index contributed by atoms with van der Waals surface area (Å²) >= 11 is 1.59. The van der Waals surface area contributed by atoms with Gasteiger partial charge < -0.3 is 10.4 Å². The first-order valence-electron chi connectivity index (χ1n) is 6.02. The maximum Gasteiger partial charge on any atom is 0.326 e. The number of carboxylic acids is 1. The molecular formula is C13H19NO3S. The smallest absolute Gasteiger partial charge is 0.326 e. The molecule has 1 aromatic rings. The van der Waals surface area contributed by atoms with Crippen molar-refractivity contribution in [2.24, 2.45) is 5.92 Å². The first kappa shape index (κ1) is 14.7. The number of hydrogen-bond donors (Lipinski definition) is 2. The van der Waals surface area contributed by atoms with Crippen molar-refractivity contribution in [1.82, 2.24) is 5.32 Å². The van der Waals surface area contributed by atoms with Crippen LogP contribution in [0.5, 0.6) is 0 Å². The van der Waals surface area contributed by atoms with Gasteiger partial charge in [0.1, 0.15) is 6.04 Å². The molecule has 1 aromatic heterocycles. The van der Waals surface area contributed by atoms with Gasteiger partial charge >= 0.3 is 5.97 Å². The van der Waals surface area contributed by atoms with Crippen LogP contribution in [0.3, 0.4) is 0 Å². The number of carboxylic acid groups (broad SMARTS) is 1. The van der Waals surface area contributed by atoms with Gasteiger partial charge in [0.15, 0.2) is 0 Å². The average Bonchev–Trinajstić information content (AvgIpc) is 2.77. The summed E-state index contributed by atoms with van der Waals surface area (Å²) in [6.07, 6.45) is 1.45. The highest BCUT2D eigenvalue weighted by atomic mass is 32.1. The fourth-order valence-corrected chi connectivity index (χ4v) is 2.36. The van der Waals surface area contributed by atoms with Gasteiger partial charge in [-0.2, -0.15) is 11.3 Å². The standard InChI is InChI=1S/C13H19NO3S/c1-9(2)7-11(13(16)17)14-12(15)4-3-10-5-6-18-8-10/h5-6,8-9,11H,3-4,7H2,1-2H3,(H,14,15)(H,16,17). The van der Waals surface area contributed by atoms with Gasteiger partial charge in [0, 0.05) is 6.42 Å². The van der Waals surface area contributed by atoms with Gasteiger partial charge in [0.25, 0.3) is 0 Å². The lowest BCUT2D eigenvalue weighted by molar-refractivity contribution is -0.142. The van der Waals surface area contributed by atoms with Crippen molar-refractivity contribution in [2.45, 2.75) is 39.2 Å². The minimum Gasteiger partial charge on any atom is -0.480 e. The number of carbonyl (C=O) groups is 2. The normalized spacial score (nSPS) is 12.4. The number of rotatable bonds is 7. The highest BCUT2D eigenvalue weighted by Crippen LogP contribution is 2.09. The molecule has 0 aliphatic carbocycles. The van der Waals surface area contributed by atoms with E-state index in [0.717, 1.165) is 5.56 Å². The van der Waals surface area contributed by atoms with Gasteiger partial charge in [0.05, 0.1) is 0 Å². The minimum atomic E-state index is -0.965. The van der Waals surface area contributed by atoms with Crippen LogP contribution in [0.25, 0.3) is 0 Å². The number of hydrogen-bond acceptors (Lipinski definition) is 3. The predicted octanol–water partition coefficient (Wildman–Crippen LogP) is 2.30. The monoisotopic (exact) mass is 269 g/mol. The second-order valence-corrected chi connectivity index (χ2v) is 5.50. The van der Waals surface area contributed by atoms with Crippen molar-refractivity contribution in [2.75, 3.05) is 0 Å². The van der Waals surface area contributed by atoms with Gasteiger partial charge in [0.2, 0.25) is 5.91 Å². The molecule has 0 fully saturated rings. The second kappa shape index (κ2) is 7.16. The first-order valence-corrected chi connectivity index (χ1v) is 6.96. The maximum atomic E-state index is 11.7. The molecule has 5 heteroatoms. The Balaban J connectivity index is 2.39. The third-order valence-corrected chi connectivity index (χ3v) is 3.29. The summed E-state index contributed by atoms with van der Waals surface area (Å²) in [5, 5.41) is 15.5. The molecule has 0 spiro atoms. The van der Waals surface area contributed by atoms with Crippen molar-refractivity contribution in [3.05, 3.63) is 22.4 Å². The topological polar surface area (TPSA) is 66.4 Å². The molecule has 2 N–H and O–H groups in total. The highest BCUT2D eigenvalue weighted by Gasteiger charge is 2.20. The zero-order chi connectivity index (χ0) is 13.5. The van der Waals surface area contributed by atoms with E-state index in [1.165, 1.54) is 0 Å². The summed E-state index contributed by atoms with van der Waals surface area (Å²) in [5.74, 6) is -0.926. The van der Waals surface area contributed by atoms with Crippen LogP contribution in [0.2, 0.25) is 0 Å². The van der Waals surface area contributed by atoms with Crippen LogP contribution in [0, 0.1) is 5.92 Å². The van der Waals surface area contributed by atoms with Gasteiger partial charge in [-0.3, -0.25) is 4.79 Å². The van der Waals surface area contributed by atoms with Crippen LogP contribution in [-0.4, -0.2) is 23.0 Å². The van der Waals surface area contributed by atoms with E-state index < -0.39 is 12.0 Å². The maximum absolute atomic E-state index is 11.7. The molecule has 0 bridgehead atoms. The number of thiophene rings is 1. The zero-order valence-electron chi connectivity index (χ0n) is 10.7. The molecular weight excluding hydrogens is 250 g/mol. The second-order valence-electron chi connectivity index (χ2n) is 4.72. The third-order valence-electron chi connectivity index (χ3n) is 2.56. The van der Waals surface area contributed by atoms with E-state index in [2.05, 4.69) is 5.32 Å².